The monoisotopic (exact) mass is 247 g/mol. The van der Waals surface area contributed by atoms with Crippen LogP contribution in [0.3, 0.4) is 0 Å². The van der Waals surface area contributed by atoms with Crippen molar-refractivity contribution in [3.05, 3.63) is 46.8 Å². The molecule has 0 aliphatic heterocycles. The zero-order chi connectivity index (χ0) is 12.3. The van der Waals surface area contributed by atoms with Crippen LogP contribution >= 0.6 is 11.8 Å². The van der Waals surface area contributed by atoms with Gasteiger partial charge in [-0.2, -0.15) is 0 Å². The summed E-state index contributed by atoms with van der Waals surface area (Å²) in [6.07, 6.45) is 5.32. The fourth-order valence-corrected chi connectivity index (χ4v) is 1.66. The Bertz CT molecular complexity index is 525. The van der Waals surface area contributed by atoms with E-state index in [1.807, 2.05) is 6.26 Å². The van der Waals surface area contributed by atoms with Crippen molar-refractivity contribution in [2.45, 2.75) is 5.16 Å². The van der Waals surface area contributed by atoms with E-state index in [0.29, 0.717) is 5.16 Å². The van der Waals surface area contributed by atoms with E-state index in [4.69, 9.17) is 0 Å². The number of nitro benzene ring substituents is 1. The summed E-state index contributed by atoms with van der Waals surface area (Å²) in [5.41, 5.74) is 1.79. The lowest BCUT2D eigenvalue weighted by Gasteiger charge is -2.01. The first-order valence-electron chi connectivity index (χ1n) is 4.81. The van der Waals surface area contributed by atoms with Gasteiger partial charge in [-0.1, -0.05) is 11.8 Å². The van der Waals surface area contributed by atoms with Gasteiger partial charge in [0, 0.05) is 30.1 Å². The zero-order valence-electron chi connectivity index (χ0n) is 9.03. The third-order valence-electron chi connectivity index (χ3n) is 2.22. The molecule has 0 unspecified atom stereocenters. The van der Waals surface area contributed by atoms with Crippen LogP contribution in [0.1, 0.15) is 0 Å². The Balaban J connectivity index is 2.29. The molecule has 1 aromatic heterocycles. The van der Waals surface area contributed by atoms with Crippen LogP contribution in [-0.2, 0) is 0 Å². The molecule has 5 nitrogen and oxygen atoms in total. The maximum atomic E-state index is 10.5. The summed E-state index contributed by atoms with van der Waals surface area (Å²) in [6.45, 7) is 0. The van der Waals surface area contributed by atoms with Gasteiger partial charge in [-0.15, -0.1) is 0 Å². The Kier molecular flexibility index (Phi) is 3.34. The molecule has 86 valence electrons. The highest BCUT2D eigenvalue weighted by Gasteiger charge is 2.05. The zero-order valence-corrected chi connectivity index (χ0v) is 9.85. The largest absolute Gasteiger partial charge is 0.269 e. The van der Waals surface area contributed by atoms with Crippen molar-refractivity contribution in [1.82, 2.24) is 9.97 Å². The van der Waals surface area contributed by atoms with Crippen molar-refractivity contribution in [2.24, 2.45) is 0 Å². The molecule has 0 N–H and O–H groups in total. The number of nitro groups is 1. The molecule has 2 rings (SSSR count). The molecule has 0 atom stereocenters. The van der Waals surface area contributed by atoms with Crippen LogP contribution in [-0.4, -0.2) is 21.1 Å². The predicted octanol–water partition coefficient (Wildman–Crippen LogP) is 2.77. The average Bonchev–Trinajstić information content (AvgIpc) is 2.39. The molecule has 1 heterocycles. The minimum Gasteiger partial charge on any atom is -0.258 e. The van der Waals surface area contributed by atoms with Gasteiger partial charge in [0.1, 0.15) is 0 Å². The number of thioether (sulfide) groups is 1. The first kappa shape index (κ1) is 11.5. The van der Waals surface area contributed by atoms with E-state index < -0.39 is 4.92 Å². The molecule has 0 saturated heterocycles. The maximum absolute atomic E-state index is 10.5. The van der Waals surface area contributed by atoms with Crippen LogP contribution in [0.4, 0.5) is 5.69 Å². The fourth-order valence-electron chi connectivity index (χ4n) is 1.35. The van der Waals surface area contributed by atoms with Crippen molar-refractivity contribution in [3.8, 4) is 11.1 Å². The quantitative estimate of drug-likeness (QED) is 0.361. The molecule has 1 aromatic carbocycles. The summed E-state index contributed by atoms with van der Waals surface area (Å²) in [4.78, 5) is 18.4. The van der Waals surface area contributed by atoms with Crippen molar-refractivity contribution < 1.29 is 4.92 Å². The molecule has 0 aliphatic rings. The first-order valence-corrected chi connectivity index (χ1v) is 6.04. The van der Waals surface area contributed by atoms with Crippen LogP contribution < -0.4 is 0 Å². The Labute approximate surface area is 102 Å². The first-order chi connectivity index (χ1) is 8.20. The van der Waals surface area contributed by atoms with Gasteiger partial charge < -0.3 is 0 Å². The molecule has 0 bridgehead atoms. The highest BCUT2D eigenvalue weighted by molar-refractivity contribution is 7.98. The summed E-state index contributed by atoms with van der Waals surface area (Å²) in [5, 5.41) is 11.2. The van der Waals surface area contributed by atoms with Gasteiger partial charge in [-0.3, -0.25) is 10.1 Å². The Hall–Kier alpha value is -1.95. The van der Waals surface area contributed by atoms with Gasteiger partial charge >= 0.3 is 0 Å². The van der Waals surface area contributed by atoms with Crippen molar-refractivity contribution in [1.29, 1.82) is 0 Å². The lowest BCUT2D eigenvalue weighted by molar-refractivity contribution is -0.384. The van der Waals surface area contributed by atoms with Crippen LogP contribution in [0, 0.1) is 10.1 Å². The highest BCUT2D eigenvalue weighted by Crippen LogP contribution is 2.21. The van der Waals surface area contributed by atoms with Gasteiger partial charge in [-0.05, 0) is 24.0 Å². The Morgan fingerprint density at radius 1 is 1.12 bits per heavy atom. The van der Waals surface area contributed by atoms with Gasteiger partial charge in [-0.25, -0.2) is 9.97 Å². The van der Waals surface area contributed by atoms with E-state index in [1.54, 1.807) is 24.5 Å². The fraction of sp³-hybridized carbons (Fsp3) is 0.0909. The molecule has 0 amide bonds. The van der Waals surface area contributed by atoms with Gasteiger partial charge in [0.2, 0.25) is 0 Å². The van der Waals surface area contributed by atoms with Crippen LogP contribution in [0.5, 0.6) is 0 Å². The molecule has 17 heavy (non-hydrogen) atoms. The van der Waals surface area contributed by atoms with E-state index in [9.17, 15) is 10.1 Å². The molecule has 0 aliphatic carbocycles. The van der Waals surface area contributed by atoms with Crippen LogP contribution in [0.15, 0.2) is 41.8 Å². The SMILES string of the molecule is CSc1ncc(-c2ccc([N+](=O)[O-])cc2)cn1. The topological polar surface area (TPSA) is 68.9 Å². The third-order valence-corrected chi connectivity index (χ3v) is 2.80. The van der Waals surface area contributed by atoms with Crippen molar-refractivity contribution in [3.63, 3.8) is 0 Å². The van der Waals surface area contributed by atoms with E-state index in [1.165, 1.54) is 23.9 Å². The standard InChI is InChI=1S/C11H9N3O2S/c1-17-11-12-6-9(7-13-11)8-2-4-10(5-3-8)14(15)16/h2-7H,1H3. The van der Waals surface area contributed by atoms with Gasteiger partial charge in [0.15, 0.2) is 5.16 Å². The molecule has 6 heteroatoms. The van der Waals surface area contributed by atoms with Gasteiger partial charge in [0.05, 0.1) is 4.92 Å². The third kappa shape index (κ3) is 2.59. The molecule has 0 spiro atoms. The second-order valence-corrected chi connectivity index (χ2v) is 4.04. The smallest absolute Gasteiger partial charge is 0.258 e. The number of hydrogen-bond acceptors (Lipinski definition) is 5. The summed E-state index contributed by atoms with van der Waals surface area (Å²) in [5.74, 6) is 0. The van der Waals surface area contributed by atoms with Crippen LogP contribution in [0.2, 0.25) is 0 Å². The number of nitrogens with zero attached hydrogens (tertiary/aromatic N) is 3. The number of hydrogen-bond donors (Lipinski definition) is 0. The number of non-ortho nitro benzene ring substituents is 1. The number of aromatic nitrogens is 2. The molecular formula is C11H9N3O2S. The lowest BCUT2D eigenvalue weighted by atomic mass is 10.1. The van der Waals surface area contributed by atoms with Crippen molar-refractivity contribution >= 4 is 17.4 Å². The van der Waals surface area contributed by atoms with E-state index in [0.717, 1.165) is 11.1 Å². The van der Waals surface area contributed by atoms with Gasteiger partial charge in [0.25, 0.3) is 5.69 Å². The second kappa shape index (κ2) is 4.92. The van der Waals surface area contributed by atoms with Crippen LogP contribution in [0.25, 0.3) is 11.1 Å². The molecule has 0 fully saturated rings. The minimum absolute atomic E-state index is 0.0791. The average molecular weight is 247 g/mol. The maximum Gasteiger partial charge on any atom is 0.269 e. The number of benzene rings is 1. The summed E-state index contributed by atoms with van der Waals surface area (Å²) in [6, 6.07) is 6.32. The summed E-state index contributed by atoms with van der Waals surface area (Å²) >= 11 is 1.47. The Morgan fingerprint density at radius 3 is 2.18 bits per heavy atom. The molecular weight excluding hydrogens is 238 g/mol. The van der Waals surface area contributed by atoms with Crippen molar-refractivity contribution in [2.75, 3.05) is 6.26 Å². The molecule has 2 aromatic rings. The summed E-state index contributed by atoms with van der Waals surface area (Å²) < 4.78 is 0. The normalized spacial score (nSPS) is 10.2. The minimum atomic E-state index is -0.420. The Morgan fingerprint density at radius 2 is 1.71 bits per heavy atom. The summed E-state index contributed by atoms with van der Waals surface area (Å²) in [7, 11) is 0. The molecule has 0 saturated carbocycles. The number of rotatable bonds is 3. The van der Waals surface area contributed by atoms with E-state index in [2.05, 4.69) is 9.97 Å². The van der Waals surface area contributed by atoms with E-state index >= 15 is 0 Å². The second-order valence-electron chi connectivity index (χ2n) is 3.26. The van der Waals surface area contributed by atoms with E-state index in [-0.39, 0.29) is 5.69 Å². The predicted molar refractivity (Wildman–Crippen MR) is 65.9 cm³/mol. The molecule has 0 radical (unpaired) electrons. The lowest BCUT2D eigenvalue weighted by Crippen LogP contribution is -1.89. The highest BCUT2D eigenvalue weighted by atomic mass is 32.2.